The molecule has 0 aliphatic heterocycles. The van der Waals surface area contributed by atoms with Gasteiger partial charge < -0.3 is 10.4 Å². The summed E-state index contributed by atoms with van der Waals surface area (Å²) in [4.78, 5) is 20.5. The fourth-order valence-corrected chi connectivity index (χ4v) is 2.27. The molecule has 2 heterocycles. The van der Waals surface area contributed by atoms with Crippen molar-refractivity contribution in [3.8, 4) is 0 Å². The van der Waals surface area contributed by atoms with Gasteiger partial charge in [-0.3, -0.25) is 0 Å². The summed E-state index contributed by atoms with van der Waals surface area (Å²) < 4.78 is 0. The molecule has 2 rings (SSSR count). The number of hydrogen-bond donors (Lipinski definition) is 2. The largest absolute Gasteiger partial charge is 0.478 e. The second-order valence-corrected chi connectivity index (χ2v) is 4.83. The predicted octanol–water partition coefficient (Wildman–Crippen LogP) is 2.41. The number of nitrogens with one attached hydrogen (secondary N) is 1. The van der Waals surface area contributed by atoms with E-state index in [2.05, 4.69) is 22.2 Å². The molecule has 0 amide bonds. The number of aromatic carboxylic acids is 1. The van der Waals surface area contributed by atoms with E-state index in [9.17, 15) is 4.79 Å². The second kappa shape index (κ2) is 5.59. The van der Waals surface area contributed by atoms with E-state index in [0.29, 0.717) is 12.4 Å². The molecule has 0 aliphatic rings. The molecule has 0 unspecified atom stereocenters. The molecule has 2 aromatic heterocycles. The highest BCUT2D eigenvalue weighted by Gasteiger charge is 2.10. The number of carboxylic acid groups (broad SMARTS) is 1. The maximum Gasteiger partial charge on any atom is 0.339 e. The average Bonchev–Trinajstić information content (AvgIpc) is 2.84. The van der Waals surface area contributed by atoms with Crippen molar-refractivity contribution in [1.82, 2.24) is 9.97 Å². The molecule has 0 radical (unpaired) electrons. The van der Waals surface area contributed by atoms with Crippen LogP contribution in [0.5, 0.6) is 0 Å². The van der Waals surface area contributed by atoms with E-state index >= 15 is 0 Å². The third-order valence-corrected chi connectivity index (χ3v) is 3.54. The van der Waals surface area contributed by atoms with Crippen molar-refractivity contribution in [2.75, 3.05) is 5.32 Å². The first-order chi connectivity index (χ1) is 8.70. The third-order valence-electron chi connectivity index (χ3n) is 2.40. The van der Waals surface area contributed by atoms with Gasteiger partial charge in [-0.25, -0.2) is 14.8 Å². The zero-order chi connectivity index (χ0) is 13.0. The first kappa shape index (κ1) is 12.5. The molecule has 0 fully saturated rings. The minimum Gasteiger partial charge on any atom is -0.478 e. The number of carbonyl (C=O) groups is 1. The Bertz CT molecular complexity index is 554. The Morgan fingerprint density at radius 2 is 2.33 bits per heavy atom. The van der Waals surface area contributed by atoms with Gasteiger partial charge in [0.05, 0.1) is 6.54 Å². The third kappa shape index (κ3) is 2.84. The van der Waals surface area contributed by atoms with Gasteiger partial charge in [0.25, 0.3) is 0 Å². The lowest BCUT2D eigenvalue weighted by Crippen LogP contribution is -2.07. The molecular formula is C12H13N3O2S. The lowest BCUT2D eigenvalue weighted by atomic mass is 10.2. The highest BCUT2D eigenvalue weighted by Crippen LogP contribution is 2.16. The molecule has 0 saturated heterocycles. The number of hydrogen-bond acceptors (Lipinski definition) is 5. The molecule has 0 saturated carbocycles. The van der Waals surface area contributed by atoms with Crippen molar-refractivity contribution in [1.29, 1.82) is 0 Å². The normalized spacial score (nSPS) is 10.3. The molecule has 2 aromatic rings. The van der Waals surface area contributed by atoms with Gasteiger partial charge in [-0.2, -0.15) is 0 Å². The Kier molecular flexibility index (Phi) is 3.88. The minimum absolute atomic E-state index is 0.171. The molecule has 2 N–H and O–H groups in total. The Morgan fingerprint density at radius 1 is 1.50 bits per heavy atom. The highest BCUT2D eigenvalue weighted by molar-refractivity contribution is 7.11. The van der Waals surface area contributed by atoms with Gasteiger partial charge in [0.2, 0.25) is 0 Å². The number of aryl methyl sites for hydroxylation is 1. The molecule has 94 valence electrons. The Balaban J connectivity index is 2.08. The number of nitrogens with zero attached hydrogens (tertiary/aromatic N) is 2. The highest BCUT2D eigenvalue weighted by atomic mass is 32.1. The molecule has 0 spiro atoms. The fourth-order valence-electron chi connectivity index (χ4n) is 1.47. The van der Waals surface area contributed by atoms with Crippen LogP contribution in [-0.2, 0) is 13.0 Å². The number of carboxylic acids is 1. The van der Waals surface area contributed by atoms with Crippen LogP contribution in [0.3, 0.4) is 0 Å². The van der Waals surface area contributed by atoms with Gasteiger partial charge in [0.1, 0.15) is 16.4 Å². The quantitative estimate of drug-likeness (QED) is 0.866. The van der Waals surface area contributed by atoms with Gasteiger partial charge in [-0.1, -0.05) is 6.92 Å². The van der Waals surface area contributed by atoms with Crippen LogP contribution >= 0.6 is 11.3 Å². The molecule has 6 heteroatoms. The van der Waals surface area contributed by atoms with Gasteiger partial charge in [-0.05, 0) is 18.6 Å². The molecule has 18 heavy (non-hydrogen) atoms. The first-order valence-electron chi connectivity index (χ1n) is 5.56. The number of thiazole rings is 1. The van der Waals surface area contributed by atoms with E-state index in [1.807, 2.05) is 6.20 Å². The molecule has 5 nitrogen and oxygen atoms in total. The van der Waals surface area contributed by atoms with Crippen LogP contribution in [0.4, 0.5) is 5.82 Å². The standard InChI is InChI=1S/C12H13N3O2S/c1-2-8-6-14-10(18-8)7-15-11-9(12(16)17)4-3-5-13-11/h3-6H,2,7H2,1H3,(H,13,15)(H,16,17). The second-order valence-electron chi connectivity index (χ2n) is 3.63. The lowest BCUT2D eigenvalue weighted by molar-refractivity contribution is 0.0697. The molecule has 0 aromatic carbocycles. The average molecular weight is 263 g/mol. The van der Waals surface area contributed by atoms with Crippen LogP contribution in [0.25, 0.3) is 0 Å². The molecular weight excluding hydrogens is 250 g/mol. The van der Waals surface area contributed by atoms with Crippen molar-refractivity contribution in [2.45, 2.75) is 19.9 Å². The van der Waals surface area contributed by atoms with Crippen molar-refractivity contribution < 1.29 is 9.90 Å². The van der Waals surface area contributed by atoms with Crippen LogP contribution in [-0.4, -0.2) is 21.0 Å². The summed E-state index contributed by atoms with van der Waals surface area (Å²) in [6.07, 6.45) is 4.37. The Morgan fingerprint density at radius 3 is 3.00 bits per heavy atom. The summed E-state index contributed by atoms with van der Waals surface area (Å²) >= 11 is 1.62. The fraction of sp³-hybridized carbons (Fsp3) is 0.250. The lowest BCUT2D eigenvalue weighted by Gasteiger charge is -2.06. The van der Waals surface area contributed by atoms with Crippen LogP contribution < -0.4 is 5.32 Å². The maximum atomic E-state index is 11.0. The van der Waals surface area contributed by atoms with E-state index in [1.54, 1.807) is 23.6 Å². The molecule has 0 atom stereocenters. The Hall–Kier alpha value is -1.95. The first-order valence-corrected chi connectivity index (χ1v) is 6.38. The number of aromatic nitrogens is 2. The summed E-state index contributed by atoms with van der Waals surface area (Å²) in [5, 5.41) is 12.9. The van der Waals surface area contributed by atoms with Crippen molar-refractivity contribution in [2.24, 2.45) is 0 Å². The van der Waals surface area contributed by atoms with Crippen LogP contribution in [0, 0.1) is 0 Å². The van der Waals surface area contributed by atoms with Gasteiger partial charge in [0.15, 0.2) is 0 Å². The zero-order valence-corrected chi connectivity index (χ0v) is 10.7. The van der Waals surface area contributed by atoms with Gasteiger partial charge in [0, 0.05) is 17.3 Å². The SMILES string of the molecule is CCc1cnc(CNc2ncccc2C(=O)O)s1. The number of anilines is 1. The summed E-state index contributed by atoms with van der Waals surface area (Å²) in [5.41, 5.74) is 0.171. The zero-order valence-electron chi connectivity index (χ0n) is 9.88. The van der Waals surface area contributed by atoms with Crippen molar-refractivity contribution in [3.63, 3.8) is 0 Å². The smallest absolute Gasteiger partial charge is 0.339 e. The summed E-state index contributed by atoms with van der Waals surface area (Å²) in [5.74, 6) is -0.614. The number of pyridine rings is 1. The van der Waals surface area contributed by atoms with Crippen LogP contribution in [0.2, 0.25) is 0 Å². The van der Waals surface area contributed by atoms with E-state index in [0.717, 1.165) is 11.4 Å². The maximum absolute atomic E-state index is 11.0. The van der Waals surface area contributed by atoms with E-state index in [-0.39, 0.29) is 5.56 Å². The van der Waals surface area contributed by atoms with Crippen LogP contribution in [0.15, 0.2) is 24.5 Å². The van der Waals surface area contributed by atoms with Gasteiger partial charge >= 0.3 is 5.97 Å². The van der Waals surface area contributed by atoms with E-state index in [4.69, 9.17) is 5.11 Å². The van der Waals surface area contributed by atoms with E-state index < -0.39 is 5.97 Å². The minimum atomic E-state index is -0.987. The summed E-state index contributed by atoms with van der Waals surface area (Å²) in [6.45, 7) is 2.56. The molecule has 0 bridgehead atoms. The summed E-state index contributed by atoms with van der Waals surface area (Å²) in [7, 11) is 0. The van der Waals surface area contributed by atoms with Gasteiger partial charge in [-0.15, -0.1) is 11.3 Å². The monoisotopic (exact) mass is 263 g/mol. The van der Waals surface area contributed by atoms with E-state index in [1.165, 1.54) is 10.9 Å². The molecule has 0 aliphatic carbocycles. The predicted molar refractivity (Wildman–Crippen MR) is 70.0 cm³/mol. The Labute approximate surface area is 109 Å². The summed E-state index contributed by atoms with van der Waals surface area (Å²) in [6, 6.07) is 3.13. The topological polar surface area (TPSA) is 75.1 Å². The van der Waals surface area contributed by atoms with Crippen LogP contribution in [0.1, 0.15) is 27.2 Å². The van der Waals surface area contributed by atoms with Crippen molar-refractivity contribution in [3.05, 3.63) is 40.0 Å². The van der Waals surface area contributed by atoms with Crippen molar-refractivity contribution >= 4 is 23.1 Å². The number of rotatable bonds is 5.